The highest BCUT2D eigenvalue weighted by Crippen LogP contribution is 2.38. The second kappa shape index (κ2) is 4.15. The third kappa shape index (κ3) is 1.95. The second-order valence-electron chi connectivity index (χ2n) is 5.05. The number of fused-ring (bicyclic) bond motifs is 1. The Kier molecular flexibility index (Phi) is 2.63. The SMILES string of the molecule is CNC(CC1CC1)c1nn(C)c2ccccc12. The lowest BCUT2D eigenvalue weighted by molar-refractivity contribution is 0.499. The van der Waals surface area contributed by atoms with Gasteiger partial charge in [0.15, 0.2) is 0 Å². The van der Waals surface area contributed by atoms with E-state index in [0.717, 1.165) is 5.92 Å². The lowest BCUT2D eigenvalue weighted by atomic mass is 10.0. The molecule has 2 aromatic rings. The average Bonchev–Trinajstić information content (AvgIpc) is 3.12. The Morgan fingerprint density at radius 1 is 1.41 bits per heavy atom. The maximum absolute atomic E-state index is 4.70. The van der Waals surface area contributed by atoms with Crippen LogP contribution in [0.5, 0.6) is 0 Å². The second-order valence-corrected chi connectivity index (χ2v) is 5.05. The lowest BCUT2D eigenvalue weighted by Crippen LogP contribution is -2.18. The van der Waals surface area contributed by atoms with Gasteiger partial charge in [0.05, 0.1) is 17.3 Å². The van der Waals surface area contributed by atoms with Crippen LogP contribution in [0.4, 0.5) is 0 Å². The molecule has 1 fully saturated rings. The topological polar surface area (TPSA) is 29.9 Å². The van der Waals surface area contributed by atoms with Crippen LogP contribution < -0.4 is 5.32 Å². The molecule has 1 N–H and O–H groups in total. The molecule has 1 saturated carbocycles. The van der Waals surface area contributed by atoms with Crippen molar-refractivity contribution < 1.29 is 0 Å². The predicted octanol–water partition coefficient (Wildman–Crippen LogP) is 2.63. The molecule has 1 aliphatic rings. The first-order chi connectivity index (χ1) is 8.29. The van der Waals surface area contributed by atoms with Crippen LogP contribution >= 0.6 is 0 Å². The lowest BCUT2D eigenvalue weighted by Gasteiger charge is -2.13. The molecule has 0 bridgehead atoms. The van der Waals surface area contributed by atoms with E-state index in [1.165, 1.54) is 35.9 Å². The summed E-state index contributed by atoms with van der Waals surface area (Å²) in [5.74, 6) is 0.910. The zero-order valence-corrected chi connectivity index (χ0v) is 10.5. The van der Waals surface area contributed by atoms with Gasteiger partial charge in [-0.05, 0) is 25.5 Å². The maximum Gasteiger partial charge on any atom is 0.0872 e. The molecule has 90 valence electrons. The van der Waals surface area contributed by atoms with Gasteiger partial charge in [0.1, 0.15) is 0 Å². The Bertz CT molecular complexity index is 525. The molecule has 0 spiro atoms. The molecule has 3 rings (SSSR count). The summed E-state index contributed by atoms with van der Waals surface area (Å²) in [7, 11) is 4.06. The first-order valence-electron chi connectivity index (χ1n) is 6.38. The van der Waals surface area contributed by atoms with Gasteiger partial charge < -0.3 is 5.32 Å². The molecule has 3 nitrogen and oxygen atoms in total. The molecule has 1 atom stereocenters. The number of benzene rings is 1. The van der Waals surface area contributed by atoms with Crippen molar-refractivity contribution in [2.45, 2.75) is 25.3 Å². The van der Waals surface area contributed by atoms with E-state index in [2.05, 4.69) is 29.6 Å². The van der Waals surface area contributed by atoms with Crippen molar-refractivity contribution in [2.75, 3.05) is 7.05 Å². The Morgan fingerprint density at radius 3 is 2.88 bits per heavy atom. The van der Waals surface area contributed by atoms with E-state index in [1.54, 1.807) is 0 Å². The van der Waals surface area contributed by atoms with E-state index in [4.69, 9.17) is 5.10 Å². The van der Waals surface area contributed by atoms with E-state index in [0.29, 0.717) is 6.04 Å². The molecule has 3 heteroatoms. The molecule has 0 radical (unpaired) electrons. The highest BCUT2D eigenvalue weighted by Gasteiger charge is 2.27. The largest absolute Gasteiger partial charge is 0.312 e. The monoisotopic (exact) mass is 229 g/mol. The van der Waals surface area contributed by atoms with Crippen molar-refractivity contribution >= 4 is 10.9 Å². The van der Waals surface area contributed by atoms with Gasteiger partial charge in [0.2, 0.25) is 0 Å². The van der Waals surface area contributed by atoms with Crippen molar-refractivity contribution in [3.63, 3.8) is 0 Å². The number of aryl methyl sites for hydroxylation is 1. The van der Waals surface area contributed by atoms with Gasteiger partial charge in [-0.3, -0.25) is 4.68 Å². The molecule has 1 aliphatic carbocycles. The van der Waals surface area contributed by atoms with Crippen LogP contribution in [0.2, 0.25) is 0 Å². The summed E-state index contributed by atoms with van der Waals surface area (Å²) in [5, 5.41) is 9.40. The molecule has 0 amide bonds. The van der Waals surface area contributed by atoms with E-state index in [-0.39, 0.29) is 0 Å². The highest BCUT2D eigenvalue weighted by atomic mass is 15.3. The van der Waals surface area contributed by atoms with Crippen LogP contribution in [-0.4, -0.2) is 16.8 Å². The van der Waals surface area contributed by atoms with Crippen molar-refractivity contribution in [3.05, 3.63) is 30.0 Å². The molecule has 1 aromatic heterocycles. The van der Waals surface area contributed by atoms with Crippen molar-refractivity contribution in [2.24, 2.45) is 13.0 Å². The van der Waals surface area contributed by atoms with Gasteiger partial charge in [-0.15, -0.1) is 0 Å². The van der Waals surface area contributed by atoms with Crippen LogP contribution in [0.3, 0.4) is 0 Å². The quantitative estimate of drug-likeness (QED) is 0.873. The van der Waals surface area contributed by atoms with Crippen molar-refractivity contribution in [1.82, 2.24) is 15.1 Å². The zero-order chi connectivity index (χ0) is 11.8. The fraction of sp³-hybridized carbons (Fsp3) is 0.500. The van der Waals surface area contributed by atoms with E-state index < -0.39 is 0 Å². The number of hydrogen-bond donors (Lipinski definition) is 1. The zero-order valence-electron chi connectivity index (χ0n) is 10.5. The van der Waals surface area contributed by atoms with Crippen LogP contribution in [0.1, 0.15) is 31.0 Å². The van der Waals surface area contributed by atoms with Crippen LogP contribution in [0, 0.1) is 5.92 Å². The molecule has 17 heavy (non-hydrogen) atoms. The van der Waals surface area contributed by atoms with E-state index in [1.807, 2.05) is 18.8 Å². The minimum Gasteiger partial charge on any atom is -0.312 e. The van der Waals surface area contributed by atoms with Crippen LogP contribution in [0.25, 0.3) is 10.9 Å². The number of aromatic nitrogens is 2. The predicted molar refractivity (Wildman–Crippen MR) is 69.9 cm³/mol. The Labute approximate surface area is 102 Å². The Hall–Kier alpha value is -1.35. The molecule has 0 aliphatic heterocycles. The molecule has 0 saturated heterocycles. The molecular formula is C14H19N3. The summed E-state index contributed by atoms with van der Waals surface area (Å²) < 4.78 is 1.99. The van der Waals surface area contributed by atoms with Gasteiger partial charge in [-0.1, -0.05) is 31.0 Å². The first-order valence-corrected chi connectivity index (χ1v) is 6.38. The fourth-order valence-electron chi connectivity index (χ4n) is 2.55. The van der Waals surface area contributed by atoms with E-state index >= 15 is 0 Å². The Morgan fingerprint density at radius 2 is 2.18 bits per heavy atom. The van der Waals surface area contributed by atoms with Crippen molar-refractivity contribution in [3.8, 4) is 0 Å². The molecule has 1 heterocycles. The van der Waals surface area contributed by atoms with Gasteiger partial charge >= 0.3 is 0 Å². The first kappa shape index (κ1) is 10.8. The van der Waals surface area contributed by atoms with E-state index in [9.17, 15) is 0 Å². The standard InChI is InChI=1S/C14H19N3/c1-15-12(9-10-7-8-10)14-11-5-3-4-6-13(11)17(2)16-14/h3-6,10,12,15H,7-9H2,1-2H3. The summed E-state index contributed by atoms with van der Waals surface area (Å²) in [6, 6.07) is 8.87. The molecule has 1 unspecified atom stereocenters. The maximum atomic E-state index is 4.70. The summed E-state index contributed by atoms with van der Waals surface area (Å²) >= 11 is 0. The van der Waals surface area contributed by atoms with Gasteiger partial charge in [0, 0.05) is 12.4 Å². The third-order valence-corrected chi connectivity index (χ3v) is 3.73. The minimum absolute atomic E-state index is 0.397. The van der Waals surface area contributed by atoms with Crippen LogP contribution in [0.15, 0.2) is 24.3 Å². The Balaban J connectivity index is 2.02. The fourth-order valence-corrected chi connectivity index (χ4v) is 2.55. The normalized spacial score (nSPS) is 17.5. The summed E-state index contributed by atoms with van der Waals surface area (Å²) in [6.45, 7) is 0. The van der Waals surface area contributed by atoms with Gasteiger partial charge in [0.25, 0.3) is 0 Å². The van der Waals surface area contributed by atoms with Gasteiger partial charge in [-0.25, -0.2) is 0 Å². The number of nitrogens with one attached hydrogen (secondary N) is 1. The number of para-hydroxylation sites is 1. The van der Waals surface area contributed by atoms with Gasteiger partial charge in [-0.2, -0.15) is 5.10 Å². The smallest absolute Gasteiger partial charge is 0.0872 e. The van der Waals surface area contributed by atoms with Crippen molar-refractivity contribution in [1.29, 1.82) is 0 Å². The number of hydrogen-bond acceptors (Lipinski definition) is 2. The molecular weight excluding hydrogens is 210 g/mol. The minimum atomic E-state index is 0.397. The summed E-state index contributed by atoms with van der Waals surface area (Å²) in [4.78, 5) is 0. The third-order valence-electron chi connectivity index (χ3n) is 3.73. The number of rotatable bonds is 4. The number of nitrogens with zero attached hydrogens (tertiary/aromatic N) is 2. The summed E-state index contributed by atoms with van der Waals surface area (Å²) in [6.07, 6.45) is 4.00. The molecule has 1 aromatic carbocycles. The highest BCUT2D eigenvalue weighted by molar-refractivity contribution is 5.82. The van der Waals surface area contributed by atoms with Crippen LogP contribution in [-0.2, 0) is 7.05 Å². The average molecular weight is 229 g/mol. The summed E-state index contributed by atoms with van der Waals surface area (Å²) in [5.41, 5.74) is 2.43.